The summed E-state index contributed by atoms with van der Waals surface area (Å²) < 4.78 is 5.89. The van der Waals surface area contributed by atoms with Gasteiger partial charge in [-0.15, -0.1) is 0 Å². The summed E-state index contributed by atoms with van der Waals surface area (Å²) in [7, 11) is 0. The zero-order valence-electron chi connectivity index (χ0n) is 18.8. The van der Waals surface area contributed by atoms with Crippen molar-refractivity contribution >= 4 is 11.5 Å². The fraction of sp³-hybridized carbons (Fsp3) is 0.464. The topological polar surface area (TPSA) is 66.8 Å². The highest BCUT2D eigenvalue weighted by atomic mass is 16.5. The second-order valence-corrected chi connectivity index (χ2v) is 9.21. The Labute approximate surface area is 190 Å². The summed E-state index contributed by atoms with van der Waals surface area (Å²) in [6, 6.07) is 16.1. The second kappa shape index (κ2) is 10.7. The summed E-state index contributed by atoms with van der Waals surface area (Å²) in [5.41, 5.74) is 5.38. The van der Waals surface area contributed by atoms with Gasteiger partial charge in [-0.1, -0.05) is 42.7 Å². The van der Waals surface area contributed by atoms with Crippen molar-refractivity contribution in [1.82, 2.24) is 0 Å². The third kappa shape index (κ3) is 5.53. The second-order valence-electron chi connectivity index (χ2n) is 9.21. The van der Waals surface area contributed by atoms with Crippen LogP contribution in [0.3, 0.4) is 0 Å². The van der Waals surface area contributed by atoms with Crippen LogP contribution in [-0.4, -0.2) is 22.8 Å². The molecule has 32 heavy (non-hydrogen) atoms. The first-order valence-electron chi connectivity index (χ1n) is 12.1. The maximum atomic E-state index is 10.6. The van der Waals surface area contributed by atoms with Crippen LogP contribution < -0.4 is 4.74 Å². The van der Waals surface area contributed by atoms with E-state index in [2.05, 4.69) is 12.1 Å². The zero-order valence-corrected chi connectivity index (χ0v) is 18.8. The number of ether oxygens (including phenoxy) is 1. The summed E-state index contributed by atoms with van der Waals surface area (Å²) in [5.74, 6) is 1.77. The highest BCUT2D eigenvalue weighted by molar-refractivity contribution is 5.83. The third-order valence-corrected chi connectivity index (χ3v) is 6.98. The molecule has 2 aromatic carbocycles. The molecule has 0 atom stereocenters. The molecule has 0 amide bonds. The van der Waals surface area contributed by atoms with Crippen LogP contribution >= 0.6 is 0 Å². The van der Waals surface area contributed by atoms with Gasteiger partial charge in [0, 0.05) is 6.42 Å². The van der Waals surface area contributed by atoms with Crippen LogP contribution in [0.25, 0.3) is 5.57 Å². The summed E-state index contributed by atoms with van der Waals surface area (Å²) >= 11 is 0. The molecule has 0 aliphatic heterocycles. The molecule has 2 aliphatic carbocycles. The number of fused-ring (bicyclic) bond motifs is 2. The van der Waals surface area contributed by atoms with Crippen molar-refractivity contribution in [3.63, 3.8) is 0 Å². The number of carbonyl (C=O) groups is 1. The number of aromatic hydroxyl groups is 1. The molecule has 2 N–H and O–H groups in total. The fourth-order valence-corrected chi connectivity index (χ4v) is 5.46. The minimum Gasteiger partial charge on any atom is -0.508 e. The quantitative estimate of drug-likeness (QED) is 0.425. The predicted molar refractivity (Wildman–Crippen MR) is 127 cm³/mol. The molecule has 2 fully saturated rings. The van der Waals surface area contributed by atoms with Gasteiger partial charge in [0.25, 0.3) is 0 Å². The van der Waals surface area contributed by atoms with E-state index >= 15 is 0 Å². The van der Waals surface area contributed by atoms with Gasteiger partial charge in [0.1, 0.15) is 11.5 Å². The molecule has 170 valence electrons. The van der Waals surface area contributed by atoms with Crippen LogP contribution in [0.2, 0.25) is 0 Å². The third-order valence-electron chi connectivity index (χ3n) is 6.98. The highest BCUT2D eigenvalue weighted by Crippen LogP contribution is 2.48. The molecule has 0 spiro atoms. The molecule has 0 aromatic heterocycles. The molecule has 0 saturated heterocycles. The number of rotatable bonds is 9. The molecule has 2 aliphatic rings. The fourth-order valence-electron chi connectivity index (χ4n) is 5.46. The lowest BCUT2D eigenvalue weighted by atomic mass is 9.65. The number of aliphatic carboxylic acids is 1. The van der Waals surface area contributed by atoms with E-state index in [1.807, 2.05) is 24.3 Å². The lowest BCUT2D eigenvalue weighted by molar-refractivity contribution is -0.137. The summed E-state index contributed by atoms with van der Waals surface area (Å²) in [6.07, 6.45) is 10.5. The standard InChI is InChI=1S/C28H34O4/c29-24-15-11-22(12-16-24)28(27-20-6-4-7-21(27)9-5-8-20)23-13-17-25(18-14-23)32-19-3-1-2-10-26(30)31/h11-18,20-21,29H,1-10,19H2,(H,30,31). The Morgan fingerprint density at radius 1 is 0.812 bits per heavy atom. The van der Waals surface area contributed by atoms with Gasteiger partial charge >= 0.3 is 5.97 Å². The minimum atomic E-state index is -0.734. The van der Waals surface area contributed by atoms with Gasteiger partial charge < -0.3 is 14.9 Å². The smallest absolute Gasteiger partial charge is 0.303 e. The largest absolute Gasteiger partial charge is 0.508 e. The van der Waals surface area contributed by atoms with E-state index in [0.717, 1.165) is 18.6 Å². The van der Waals surface area contributed by atoms with Gasteiger partial charge in [-0.2, -0.15) is 0 Å². The Balaban J connectivity index is 1.53. The Morgan fingerprint density at radius 2 is 1.38 bits per heavy atom. The molecule has 0 unspecified atom stereocenters. The molecule has 0 heterocycles. The van der Waals surface area contributed by atoms with Gasteiger partial charge in [-0.3, -0.25) is 4.79 Å². The van der Waals surface area contributed by atoms with E-state index < -0.39 is 5.97 Å². The lowest BCUT2D eigenvalue weighted by Crippen LogP contribution is -2.25. The average molecular weight is 435 g/mol. The van der Waals surface area contributed by atoms with Crippen molar-refractivity contribution in [2.45, 2.75) is 64.2 Å². The van der Waals surface area contributed by atoms with E-state index in [1.165, 1.54) is 55.2 Å². The predicted octanol–water partition coefficient (Wildman–Crippen LogP) is 6.82. The molecular formula is C28H34O4. The van der Waals surface area contributed by atoms with Crippen LogP contribution in [0.1, 0.15) is 75.3 Å². The minimum absolute atomic E-state index is 0.228. The maximum absolute atomic E-state index is 10.6. The van der Waals surface area contributed by atoms with Crippen molar-refractivity contribution < 1.29 is 19.7 Å². The highest BCUT2D eigenvalue weighted by Gasteiger charge is 2.33. The van der Waals surface area contributed by atoms with E-state index in [0.29, 0.717) is 30.6 Å². The zero-order chi connectivity index (χ0) is 22.3. The van der Waals surface area contributed by atoms with Gasteiger partial charge in [-0.25, -0.2) is 0 Å². The number of benzene rings is 2. The Hall–Kier alpha value is -2.75. The van der Waals surface area contributed by atoms with Crippen molar-refractivity contribution in [2.75, 3.05) is 6.61 Å². The van der Waals surface area contributed by atoms with E-state index in [1.54, 1.807) is 17.7 Å². The van der Waals surface area contributed by atoms with E-state index in [9.17, 15) is 9.90 Å². The Bertz CT molecular complexity index is 903. The molecule has 2 saturated carbocycles. The molecule has 0 radical (unpaired) electrons. The van der Waals surface area contributed by atoms with Crippen molar-refractivity contribution in [3.05, 3.63) is 65.2 Å². The molecule has 2 bridgehead atoms. The SMILES string of the molecule is O=C(O)CCCCCOc1ccc(C(=C2C3CCCC2CCC3)c2ccc(O)cc2)cc1. The summed E-state index contributed by atoms with van der Waals surface area (Å²) in [4.78, 5) is 10.6. The first-order valence-corrected chi connectivity index (χ1v) is 12.1. The lowest BCUT2D eigenvalue weighted by Gasteiger charge is -2.39. The number of phenols is 1. The van der Waals surface area contributed by atoms with Crippen molar-refractivity contribution in [1.29, 1.82) is 0 Å². The summed E-state index contributed by atoms with van der Waals surface area (Å²) in [5, 5.41) is 18.5. The van der Waals surface area contributed by atoms with Gasteiger partial charge in [0.05, 0.1) is 6.61 Å². The molecule has 4 rings (SSSR count). The normalized spacial score (nSPS) is 20.1. The number of allylic oxidation sites excluding steroid dienone is 1. The van der Waals surface area contributed by atoms with Gasteiger partial charge in [0.2, 0.25) is 0 Å². The average Bonchev–Trinajstić information content (AvgIpc) is 2.78. The van der Waals surface area contributed by atoms with E-state index in [-0.39, 0.29) is 6.42 Å². The summed E-state index contributed by atoms with van der Waals surface area (Å²) in [6.45, 7) is 0.606. The van der Waals surface area contributed by atoms with Crippen LogP contribution in [0.4, 0.5) is 0 Å². The number of unbranched alkanes of at least 4 members (excludes halogenated alkanes) is 2. The molecular weight excluding hydrogens is 400 g/mol. The monoisotopic (exact) mass is 434 g/mol. The van der Waals surface area contributed by atoms with Crippen LogP contribution in [0.15, 0.2) is 54.1 Å². The van der Waals surface area contributed by atoms with Crippen LogP contribution in [0, 0.1) is 11.8 Å². The molecule has 2 aromatic rings. The van der Waals surface area contributed by atoms with Crippen molar-refractivity contribution in [3.8, 4) is 11.5 Å². The Kier molecular flexibility index (Phi) is 7.51. The molecule has 4 heteroatoms. The Morgan fingerprint density at radius 3 is 1.94 bits per heavy atom. The number of hydrogen-bond acceptors (Lipinski definition) is 3. The van der Waals surface area contributed by atoms with Gasteiger partial charge in [-0.05, 0) is 97.7 Å². The van der Waals surface area contributed by atoms with Crippen LogP contribution in [-0.2, 0) is 4.79 Å². The van der Waals surface area contributed by atoms with Crippen molar-refractivity contribution in [2.24, 2.45) is 11.8 Å². The van der Waals surface area contributed by atoms with Gasteiger partial charge in [0.15, 0.2) is 0 Å². The van der Waals surface area contributed by atoms with Crippen LogP contribution in [0.5, 0.6) is 11.5 Å². The van der Waals surface area contributed by atoms with E-state index in [4.69, 9.17) is 9.84 Å². The first-order chi connectivity index (χ1) is 15.6. The maximum Gasteiger partial charge on any atom is 0.303 e. The number of carboxylic acids is 1. The number of carboxylic acid groups (broad SMARTS) is 1. The molecule has 4 nitrogen and oxygen atoms in total. The first kappa shape index (κ1) is 22.4. The number of phenolic OH excluding ortho intramolecular Hbond substituents is 1. The number of hydrogen-bond donors (Lipinski definition) is 2.